The highest BCUT2D eigenvalue weighted by Gasteiger charge is 2.36. The number of ether oxygens (including phenoxy) is 1. The van der Waals surface area contributed by atoms with Crippen molar-refractivity contribution in [2.75, 3.05) is 52.5 Å². The van der Waals surface area contributed by atoms with Crippen LogP contribution in [0, 0.1) is 17.6 Å². The summed E-state index contributed by atoms with van der Waals surface area (Å²) in [6.45, 7) is 4.93. The fourth-order valence-electron chi connectivity index (χ4n) is 4.74. The summed E-state index contributed by atoms with van der Waals surface area (Å²) >= 11 is 0. The maximum absolute atomic E-state index is 13.8. The molecule has 1 aromatic rings. The molecule has 0 radical (unpaired) electrons. The summed E-state index contributed by atoms with van der Waals surface area (Å²) in [4.78, 5) is 41.1. The summed E-state index contributed by atoms with van der Waals surface area (Å²) in [7, 11) is 0. The van der Waals surface area contributed by atoms with Crippen molar-refractivity contribution in [2.24, 2.45) is 11.7 Å². The molecule has 1 aromatic carbocycles. The van der Waals surface area contributed by atoms with Crippen LogP contribution in [0.4, 0.5) is 8.78 Å². The second-order valence-electron chi connectivity index (χ2n) is 9.97. The molecule has 2 fully saturated rings. The van der Waals surface area contributed by atoms with Crippen LogP contribution in [0.1, 0.15) is 31.7 Å². The van der Waals surface area contributed by atoms with Gasteiger partial charge in [-0.05, 0) is 30.5 Å². The monoisotopic (exact) mass is 539 g/mol. The van der Waals surface area contributed by atoms with E-state index in [1.807, 2.05) is 6.92 Å². The number of rotatable bonds is 13. The van der Waals surface area contributed by atoms with Gasteiger partial charge in [-0.3, -0.25) is 14.4 Å². The number of morpholine rings is 1. The van der Waals surface area contributed by atoms with Crippen LogP contribution >= 0.6 is 0 Å². The zero-order valence-corrected chi connectivity index (χ0v) is 21.8. The SMILES string of the molecule is CCCCN1CC(C(=O)N[C@@H](Cc2cc(F)cc(F)c2)[C@H](O)[C@H](N)CNCC(=O)N2CCOCC2)CC1=O. The zero-order valence-electron chi connectivity index (χ0n) is 21.8. The van der Waals surface area contributed by atoms with Crippen molar-refractivity contribution < 1.29 is 33.0 Å². The molecule has 2 heterocycles. The molecule has 0 bridgehead atoms. The molecule has 2 aliphatic heterocycles. The average Bonchev–Trinajstić information content (AvgIpc) is 3.26. The maximum atomic E-state index is 13.8. The minimum absolute atomic E-state index is 0.0182. The molecule has 1 unspecified atom stereocenters. The summed E-state index contributed by atoms with van der Waals surface area (Å²) in [5.41, 5.74) is 6.44. The lowest BCUT2D eigenvalue weighted by Gasteiger charge is -2.30. The zero-order chi connectivity index (χ0) is 27.7. The predicted molar refractivity (Wildman–Crippen MR) is 136 cm³/mol. The van der Waals surface area contributed by atoms with Gasteiger partial charge in [0.2, 0.25) is 17.7 Å². The van der Waals surface area contributed by atoms with Gasteiger partial charge in [-0.2, -0.15) is 0 Å². The normalized spacial score (nSPS) is 20.3. The number of carbonyl (C=O) groups is 3. The van der Waals surface area contributed by atoms with E-state index in [1.165, 1.54) is 0 Å². The second kappa shape index (κ2) is 14.5. The minimum Gasteiger partial charge on any atom is -0.389 e. The van der Waals surface area contributed by atoms with Crippen molar-refractivity contribution in [1.82, 2.24) is 20.4 Å². The highest BCUT2D eigenvalue weighted by molar-refractivity contribution is 5.89. The third-order valence-electron chi connectivity index (χ3n) is 6.94. The number of nitrogens with two attached hydrogens (primary N) is 1. The number of nitrogens with one attached hydrogen (secondary N) is 2. The number of unbranched alkanes of at least 4 members (excludes halogenated alkanes) is 1. The van der Waals surface area contributed by atoms with E-state index in [1.54, 1.807) is 9.80 Å². The highest BCUT2D eigenvalue weighted by atomic mass is 19.1. The minimum atomic E-state index is -1.30. The molecule has 4 atom stereocenters. The first-order valence-electron chi connectivity index (χ1n) is 13.2. The van der Waals surface area contributed by atoms with E-state index in [0.717, 1.165) is 31.0 Å². The first kappa shape index (κ1) is 29.9. The smallest absolute Gasteiger partial charge is 0.236 e. The van der Waals surface area contributed by atoms with Crippen LogP contribution in [0.3, 0.4) is 0 Å². The number of nitrogens with zero attached hydrogens (tertiary/aromatic N) is 2. The molecule has 3 amide bonds. The van der Waals surface area contributed by atoms with Gasteiger partial charge in [0.1, 0.15) is 11.6 Å². The van der Waals surface area contributed by atoms with Gasteiger partial charge in [-0.15, -0.1) is 0 Å². The van der Waals surface area contributed by atoms with Crippen LogP contribution in [0.15, 0.2) is 18.2 Å². The lowest BCUT2D eigenvalue weighted by Crippen LogP contribution is -2.57. The quantitative estimate of drug-likeness (QED) is 0.272. The van der Waals surface area contributed by atoms with Gasteiger partial charge in [-0.1, -0.05) is 13.3 Å². The Morgan fingerprint density at radius 2 is 1.89 bits per heavy atom. The molecule has 0 aliphatic carbocycles. The lowest BCUT2D eigenvalue weighted by molar-refractivity contribution is -0.134. The number of hydrogen-bond donors (Lipinski definition) is 4. The van der Waals surface area contributed by atoms with Gasteiger partial charge in [0.25, 0.3) is 0 Å². The molecular formula is C26H39F2N5O5. The van der Waals surface area contributed by atoms with Crippen LogP contribution in [0.2, 0.25) is 0 Å². The molecule has 5 N–H and O–H groups in total. The number of benzene rings is 1. The number of amides is 3. The molecule has 2 aliphatic rings. The van der Waals surface area contributed by atoms with Crippen molar-refractivity contribution in [3.05, 3.63) is 35.4 Å². The highest BCUT2D eigenvalue weighted by Crippen LogP contribution is 2.20. The van der Waals surface area contributed by atoms with Gasteiger partial charge in [0.15, 0.2) is 0 Å². The summed E-state index contributed by atoms with van der Waals surface area (Å²) in [5.74, 6) is -2.80. The third kappa shape index (κ3) is 8.69. The van der Waals surface area contributed by atoms with Gasteiger partial charge >= 0.3 is 0 Å². The Hall–Kier alpha value is -2.67. The van der Waals surface area contributed by atoms with E-state index in [2.05, 4.69) is 10.6 Å². The van der Waals surface area contributed by atoms with E-state index in [9.17, 15) is 28.3 Å². The number of aliphatic hydroxyl groups excluding tert-OH is 1. The topological polar surface area (TPSA) is 137 Å². The first-order valence-corrected chi connectivity index (χ1v) is 13.2. The third-order valence-corrected chi connectivity index (χ3v) is 6.94. The average molecular weight is 540 g/mol. The fourth-order valence-corrected chi connectivity index (χ4v) is 4.74. The van der Waals surface area contributed by atoms with Crippen molar-refractivity contribution in [3.8, 4) is 0 Å². The Balaban J connectivity index is 1.62. The molecule has 12 heteroatoms. The summed E-state index contributed by atoms with van der Waals surface area (Å²) < 4.78 is 32.9. The number of halogens is 2. The van der Waals surface area contributed by atoms with E-state index >= 15 is 0 Å². The molecule has 0 aromatic heterocycles. The summed E-state index contributed by atoms with van der Waals surface area (Å²) in [5, 5.41) is 16.8. The van der Waals surface area contributed by atoms with Gasteiger partial charge in [0.05, 0.1) is 37.8 Å². The van der Waals surface area contributed by atoms with Gasteiger partial charge in [0, 0.05) is 51.3 Å². The number of carbonyl (C=O) groups excluding carboxylic acids is 3. The molecule has 212 valence electrons. The Labute approximate surface area is 221 Å². The van der Waals surface area contributed by atoms with Crippen LogP contribution in [0.25, 0.3) is 0 Å². The van der Waals surface area contributed by atoms with Crippen molar-refractivity contribution in [1.29, 1.82) is 0 Å². The molecule has 10 nitrogen and oxygen atoms in total. The number of hydrogen-bond acceptors (Lipinski definition) is 7. The Morgan fingerprint density at radius 1 is 1.21 bits per heavy atom. The van der Waals surface area contributed by atoms with Crippen LogP contribution in [0.5, 0.6) is 0 Å². The molecule has 2 saturated heterocycles. The van der Waals surface area contributed by atoms with Gasteiger partial charge in [-0.25, -0.2) is 8.78 Å². The molecule has 0 spiro atoms. The van der Waals surface area contributed by atoms with Crippen LogP contribution in [-0.4, -0.2) is 103 Å². The van der Waals surface area contributed by atoms with Crippen molar-refractivity contribution in [3.63, 3.8) is 0 Å². The fraction of sp³-hybridized carbons (Fsp3) is 0.654. The van der Waals surface area contributed by atoms with Crippen molar-refractivity contribution >= 4 is 17.7 Å². The molecule has 0 saturated carbocycles. The maximum Gasteiger partial charge on any atom is 0.236 e. The lowest BCUT2D eigenvalue weighted by atomic mass is 9.95. The Kier molecular flexibility index (Phi) is 11.4. The van der Waals surface area contributed by atoms with Crippen LogP contribution in [-0.2, 0) is 25.5 Å². The van der Waals surface area contributed by atoms with E-state index < -0.39 is 41.6 Å². The number of aliphatic hydroxyl groups is 1. The summed E-state index contributed by atoms with van der Waals surface area (Å²) in [6, 6.07) is 1.12. The first-order chi connectivity index (χ1) is 18.2. The largest absolute Gasteiger partial charge is 0.389 e. The van der Waals surface area contributed by atoms with Crippen LogP contribution < -0.4 is 16.4 Å². The summed E-state index contributed by atoms with van der Waals surface area (Å²) in [6.07, 6.45) is 0.433. The molecular weight excluding hydrogens is 500 g/mol. The van der Waals surface area contributed by atoms with E-state index in [0.29, 0.717) is 32.8 Å². The Bertz CT molecular complexity index is 942. The molecule has 38 heavy (non-hydrogen) atoms. The standard InChI is InChI=1S/C26H39F2N5O5/c1-2-3-4-33-16-18(12-23(33)34)26(37)31-22(11-17-9-19(27)13-20(28)10-17)25(36)21(29)14-30-15-24(35)32-5-7-38-8-6-32/h9-10,13,18,21-22,25,30,36H,2-8,11-12,14-16,29H2,1H3,(H,31,37)/t18?,21-,22+,25-/m1/s1. The van der Waals surface area contributed by atoms with Crippen molar-refractivity contribution in [2.45, 2.75) is 50.8 Å². The van der Waals surface area contributed by atoms with E-state index in [-0.39, 0.29) is 49.9 Å². The predicted octanol–water partition coefficient (Wildman–Crippen LogP) is -0.223. The molecule has 3 rings (SSSR count). The van der Waals surface area contributed by atoms with E-state index in [4.69, 9.17) is 10.5 Å². The Morgan fingerprint density at radius 3 is 2.55 bits per heavy atom. The number of likely N-dealkylation sites (tertiary alicyclic amines) is 1. The van der Waals surface area contributed by atoms with Gasteiger partial charge < -0.3 is 36.0 Å². The second-order valence-corrected chi connectivity index (χ2v) is 9.97.